The molecule has 0 aliphatic rings. The number of nitrogens with one attached hydrogen (secondary N) is 1. The summed E-state index contributed by atoms with van der Waals surface area (Å²) in [6.07, 6.45) is 1.83. The van der Waals surface area contributed by atoms with Gasteiger partial charge in [0.2, 0.25) is 0 Å². The molecule has 74 valence electrons. The van der Waals surface area contributed by atoms with Crippen LogP contribution < -0.4 is 5.56 Å². The number of aromatic amines is 1. The topological polar surface area (TPSA) is 89.1 Å². The third-order valence-electron chi connectivity index (χ3n) is 1.55. The molecule has 1 aromatic heterocycles. The molecule has 0 atom stereocenters. The Kier molecular flexibility index (Phi) is 3.11. The number of hydrogen-bond donors (Lipinski definition) is 1. The zero-order chi connectivity index (χ0) is 10.6. The standard InChI is InChI=1S/C8H8N2O4/c1-14-7(12)2-6(11)5-3-9-4-10-8(5)13/h3-4H,2H2,1H3,(H,9,10,13). The van der Waals surface area contributed by atoms with Crippen LogP contribution in [0.4, 0.5) is 0 Å². The van der Waals surface area contributed by atoms with E-state index in [2.05, 4.69) is 14.7 Å². The van der Waals surface area contributed by atoms with E-state index in [0.717, 1.165) is 12.5 Å². The summed E-state index contributed by atoms with van der Waals surface area (Å²) in [5.41, 5.74) is -0.702. The van der Waals surface area contributed by atoms with Crippen molar-refractivity contribution in [3.63, 3.8) is 0 Å². The summed E-state index contributed by atoms with van der Waals surface area (Å²) >= 11 is 0. The summed E-state index contributed by atoms with van der Waals surface area (Å²) in [7, 11) is 1.17. The van der Waals surface area contributed by atoms with E-state index < -0.39 is 23.7 Å². The van der Waals surface area contributed by atoms with Crippen LogP contribution in [0, 0.1) is 0 Å². The maximum absolute atomic E-state index is 11.3. The Morgan fingerprint density at radius 3 is 2.86 bits per heavy atom. The van der Waals surface area contributed by atoms with Crippen LogP contribution in [-0.2, 0) is 9.53 Å². The van der Waals surface area contributed by atoms with Crippen molar-refractivity contribution in [2.75, 3.05) is 7.11 Å². The van der Waals surface area contributed by atoms with Crippen LogP contribution in [0.1, 0.15) is 16.8 Å². The van der Waals surface area contributed by atoms with Gasteiger partial charge in [0, 0.05) is 6.20 Å². The minimum Gasteiger partial charge on any atom is -0.469 e. The van der Waals surface area contributed by atoms with Gasteiger partial charge in [-0.1, -0.05) is 0 Å². The van der Waals surface area contributed by atoms with E-state index in [1.807, 2.05) is 0 Å². The lowest BCUT2D eigenvalue weighted by molar-refractivity contribution is -0.139. The average molecular weight is 196 g/mol. The van der Waals surface area contributed by atoms with Crippen molar-refractivity contribution < 1.29 is 14.3 Å². The van der Waals surface area contributed by atoms with E-state index in [1.54, 1.807) is 0 Å². The van der Waals surface area contributed by atoms with Gasteiger partial charge >= 0.3 is 5.97 Å². The number of esters is 1. The molecule has 0 unspecified atom stereocenters. The largest absolute Gasteiger partial charge is 0.469 e. The molecular weight excluding hydrogens is 188 g/mol. The summed E-state index contributed by atoms with van der Waals surface area (Å²) in [6.45, 7) is 0. The number of Topliss-reactive ketones (excluding diaryl/α,β-unsaturated/α-hetero) is 1. The van der Waals surface area contributed by atoms with Crippen LogP contribution in [0.3, 0.4) is 0 Å². The Balaban J connectivity index is 2.86. The Morgan fingerprint density at radius 2 is 2.29 bits per heavy atom. The Morgan fingerprint density at radius 1 is 1.57 bits per heavy atom. The van der Waals surface area contributed by atoms with Crippen molar-refractivity contribution in [2.24, 2.45) is 0 Å². The molecule has 0 radical (unpaired) electrons. The van der Waals surface area contributed by atoms with E-state index in [1.165, 1.54) is 7.11 Å². The molecule has 1 rings (SSSR count). The lowest BCUT2D eigenvalue weighted by atomic mass is 10.1. The summed E-state index contributed by atoms with van der Waals surface area (Å²) in [5, 5.41) is 0. The normalized spacial score (nSPS) is 9.50. The number of methoxy groups -OCH3 is 1. The second-order valence-electron chi connectivity index (χ2n) is 2.47. The van der Waals surface area contributed by atoms with Crippen molar-refractivity contribution in [2.45, 2.75) is 6.42 Å². The molecular formula is C8H8N2O4. The molecule has 0 spiro atoms. The van der Waals surface area contributed by atoms with Crippen molar-refractivity contribution in [3.8, 4) is 0 Å². The second-order valence-corrected chi connectivity index (χ2v) is 2.47. The summed E-state index contributed by atoms with van der Waals surface area (Å²) < 4.78 is 4.29. The first-order valence-corrected chi connectivity index (χ1v) is 3.78. The molecule has 1 heterocycles. The van der Waals surface area contributed by atoms with Crippen LogP contribution in [0.25, 0.3) is 0 Å². The van der Waals surface area contributed by atoms with Gasteiger partial charge in [-0.3, -0.25) is 14.4 Å². The molecule has 0 aliphatic heterocycles. The van der Waals surface area contributed by atoms with Crippen molar-refractivity contribution in [1.29, 1.82) is 0 Å². The lowest BCUT2D eigenvalue weighted by Gasteiger charge is -1.97. The average Bonchev–Trinajstić information content (AvgIpc) is 2.18. The molecule has 1 aromatic rings. The van der Waals surface area contributed by atoms with E-state index in [-0.39, 0.29) is 5.56 Å². The number of carbonyl (C=O) groups is 2. The van der Waals surface area contributed by atoms with Gasteiger partial charge in [-0.05, 0) is 0 Å². The number of H-pyrrole nitrogens is 1. The molecule has 6 heteroatoms. The van der Waals surface area contributed by atoms with Crippen molar-refractivity contribution in [3.05, 3.63) is 28.4 Å². The molecule has 0 saturated heterocycles. The van der Waals surface area contributed by atoms with Gasteiger partial charge in [0.25, 0.3) is 5.56 Å². The van der Waals surface area contributed by atoms with Gasteiger partial charge in [-0.15, -0.1) is 0 Å². The highest BCUT2D eigenvalue weighted by atomic mass is 16.5. The summed E-state index contributed by atoms with van der Waals surface area (Å²) in [6, 6.07) is 0. The number of hydrogen-bond acceptors (Lipinski definition) is 5. The first kappa shape index (κ1) is 10.1. The number of nitrogens with zero attached hydrogens (tertiary/aromatic N) is 1. The molecule has 0 amide bonds. The second kappa shape index (κ2) is 4.31. The number of ether oxygens (including phenoxy) is 1. The maximum Gasteiger partial charge on any atom is 0.313 e. The monoisotopic (exact) mass is 196 g/mol. The van der Waals surface area contributed by atoms with Gasteiger partial charge in [-0.2, -0.15) is 0 Å². The van der Waals surface area contributed by atoms with Crippen molar-refractivity contribution in [1.82, 2.24) is 9.97 Å². The van der Waals surface area contributed by atoms with Crippen molar-refractivity contribution >= 4 is 11.8 Å². The number of carbonyl (C=O) groups excluding carboxylic acids is 2. The van der Waals surface area contributed by atoms with Crippen LogP contribution in [0.2, 0.25) is 0 Å². The fourth-order valence-corrected chi connectivity index (χ4v) is 0.841. The van der Waals surface area contributed by atoms with Gasteiger partial charge in [-0.25, -0.2) is 4.98 Å². The SMILES string of the molecule is COC(=O)CC(=O)c1cnc[nH]c1=O. The fraction of sp³-hybridized carbons (Fsp3) is 0.250. The molecule has 14 heavy (non-hydrogen) atoms. The molecule has 1 N–H and O–H groups in total. The first-order valence-electron chi connectivity index (χ1n) is 3.78. The fourth-order valence-electron chi connectivity index (χ4n) is 0.841. The molecule has 0 bridgehead atoms. The number of rotatable bonds is 3. The highest BCUT2D eigenvalue weighted by Crippen LogP contribution is 1.95. The van der Waals surface area contributed by atoms with Gasteiger partial charge in [0.1, 0.15) is 12.0 Å². The van der Waals surface area contributed by atoms with Crippen LogP contribution in [0.15, 0.2) is 17.3 Å². The molecule has 6 nitrogen and oxygen atoms in total. The van der Waals surface area contributed by atoms with Gasteiger partial charge < -0.3 is 9.72 Å². The third kappa shape index (κ3) is 2.25. The highest BCUT2D eigenvalue weighted by molar-refractivity contribution is 6.05. The smallest absolute Gasteiger partial charge is 0.313 e. The van der Waals surface area contributed by atoms with E-state index >= 15 is 0 Å². The quantitative estimate of drug-likeness (QED) is 0.400. The van der Waals surface area contributed by atoms with Crippen LogP contribution in [0.5, 0.6) is 0 Å². The predicted octanol–water partition coefficient (Wildman–Crippen LogP) is -0.484. The molecule has 0 saturated carbocycles. The van der Waals surface area contributed by atoms with Crippen LogP contribution in [-0.4, -0.2) is 28.8 Å². The summed E-state index contributed by atoms with van der Waals surface area (Å²) in [5.74, 6) is -1.29. The predicted molar refractivity (Wildman–Crippen MR) is 45.8 cm³/mol. The molecule has 0 aliphatic carbocycles. The molecule has 0 aromatic carbocycles. The van der Waals surface area contributed by atoms with E-state index in [9.17, 15) is 14.4 Å². The van der Waals surface area contributed by atoms with E-state index in [4.69, 9.17) is 0 Å². The van der Waals surface area contributed by atoms with E-state index in [0.29, 0.717) is 0 Å². The number of aromatic nitrogens is 2. The highest BCUT2D eigenvalue weighted by Gasteiger charge is 2.14. The maximum atomic E-state index is 11.3. The van der Waals surface area contributed by atoms with Gasteiger partial charge in [0.05, 0.1) is 13.4 Å². The first-order chi connectivity index (χ1) is 6.65. The minimum atomic E-state index is -0.682. The number of ketones is 1. The minimum absolute atomic E-state index is 0.141. The summed E-state index contributed by atoms with van der Waals surface area (Å²) in [4.78, 5) is 38.9. The Bertz CT molecular complexity index is 410. The third-order valence-corrected chi connectivity index (χ3v) is 1.55. The Labute approximate surface area is 78.9 Å². The van der Waals surface area contributed by atoms with Crippen LogP contribution >= 0.6 is 0 Å². The molecule has 0 fully saturated rings. The Hall–Kier alpha value is -1.98. The van der Waals surface area contributed by atoms with Gasteiger partial charge in [0.15, 0.2) is 5.78 Å². The zero-order valence-electron chi connectivity index (χ0n) is 7.44. The zero-order valence-corrected chi connectivity index (χ0v) is 7.44. The lowest BCUT2D eigenvalue weighted by Crippen LogP contribution is -2.20.